The first-order valence-electron chi connectivity index (χ1n) is 5.69. The van der Waals surface area contributed by atoms with Gasteiger partial charge in [-0.2, -0.15) is 4.31 Å². The zero-order valence-electron chi connectivity index (χ0n) is 10.3. The van der Waals surface area contributed by atoms with Crippen LogP contribution in [0.4, 0.5) is 4.39 Å². The number of rotatable bonds is 2. The first kappa shape index (κ1) is 14.4. The van der Waals surface area contributed by atoms with Crippen LogP contribution in [0.15, 0.2) is 23.1 Å². The van der Waals surface area contributed by atoms with E-state index in [0.29, 0.717) is 5.56 Å². The quantitative estimate of drug-likeness (QED) is 0.800. The van der Waals surface area contributed by atoms with E-state index in [9.17, 15) is 21.2 Å². The predicted molar refractivity (Wildman–Crippen MR) is 68.5 cm³/mol. The molecule has 1 heterocycles. The molecule has 0 N–H and O–H groups in total. The maximum atomic E-state index is 13.0. The fourth-order valence-corrected chi connectivity index (χ4v) is 5.06. The molecule has 0 unspecified atom stereocenters. The van der Waals surface area contributed by atoms with E-state index in [1.807, 2.05) is 0 Å². The number of sulfone groups is 1. The monoisotopic (exact) mass is 307 g/mol. The summed E-state index contributed by atoms with van der Waals surface area (Å²) in [6.45, 7) is 1.40. The molecule has 0 atom stereocenters. The summed E-state index contributed by atoms with van der Waals surface area (Å²) in [5, 5.41) is 0. The van der Waals surface area contributed by atoms with E-state index in [4.69, 9.17) is 0 Å². The summed E-state index contributed by atoms with van der Waals surface area (Å²) in [4.78, 5) is 0.0215. The summed E-state index contributed by atoms with van der Waals surface area (Å²) in [6, 6.07) is 3.44. The van der Waals surface area contributed by atoms with E-state index in [1.54, 1.807) is 0 Å². The molecule has 5 nitrogen and oxygen atoms in total. The Bertz CT molecular complexity index is 683. The maximum absolute atomic E-state index is 13.0. The van der Waals surface area contributed by atoms with Crippen molar-refractivity contribution in [3.8, 4) is 0 Å². The van der Waals surface area contributed by atoms with Gasteiger partial charge < -0.3 is 0 Å². The molecule has 0 radical (unpaired) electrons. The number of hydrogen-bond acceptors (Lipinski definition) is 4. The first-order valence-corrected chi connectivity index (χ1v) is 8.95. The molecule has 1 saturated heterocycles. The van der Waals surface area contributed by atoms with Gasteiger partial charge >= 0.3 is 0 Å². The fraction of sp³-hybridized carbons (Fsp3) is 0.455. The molecule has 2 rings (SSSR count). The van der Waals surface area contributed by atoms with E-state index in [0.717, 1.165) is 16.4 Å². The molecular formula is C11H14FNO4S2. The average Bonchev–Trinajstić information content (AvgIpc) is 2.27. The van der Waals surface area contributed by atoms with Gasteiger partial charge in [-0.1, -0.05) is 0 Å². The minimum absolute atomic E-state index is 0.0215. The van der Waals surface area contributed by atoms with Gasteiger partial charge in [-0.05, 0) is 30.7 Å². The molecule has 19 heavy (non-hydrogen) atoms. The number of aryl methyl sites for hydroxylation is 1. The molecule has 0 aromatic heterocycles. The molecule has 0 aliphatic carbocycles. The standard InChI is InChI=1S/C11H14FNO4S2/c1-9-8-10(12)2-3-11(9)19(16,17)13-4-6-18(14,15)7-5-13/h2-3,8H,4-7H2,1H3. The molecule has 106 valence electrons. The SMILES string of the molecule is Cc1cc(F)ccc1S(=O)(=O)N1CCS(=O)(=O)CC1. The van der Waals surface area contributed by atoms with Gasteiger partial charge in [-0.25, -0.2) is 21.2 Å². The van der Waals surface area contributed by atoms with E-state index in [-0.39, 0.29) is 29.5 Å². The molecule has 0 saturated carbocycles. The highest BCUT2D eigenvalue weighted by Gasteiger charge is 2.31. The molecule has 8 heteroatoms. The molecule has 1 aromatic rings. The number of benzene rings is 1. The Balaban J connectivity index is 2.33. The van der Waals surface area contributed by atoms with Crippen LogP contribution >= 0.6 is 0 Å². The van der Waals surface area contributed by atoms with E-state index in [2.05, 4.69) is 0 Å². The third-order valence-corrected chi connectivity index (χ3v) is 6.73. The van der Waals surface area contributed by atoms with Crippen LogP contribution in [0, 0.1) is 12.7 Å². The van der Waals surface area contributed by atoms with Crippen LogP contribution in [-0.4, -0.2) is 45.7 Å². The van der Waals surface area contributed by atoms with Crippen molar-refractivity contribution in [2.45, 2.75) is 11.8 Å². The van der Waals surface area contributed by atoms with Crippen molar-refractivity contribution >= 4 is 19.9 Å². The molecular weight excluding hydrogens is 293 g/mol. The Morgan fingerprint density at radius 3 is 2.32 bits per heavy atom. The van der Waals surface area contributed by atoms with Crippen molar-refractivity contribution in [2.24, 2.45) is 0 Å². The van der Waals surface area contributed by atoms with Crippen LogP contribution in [0.2, 0.25) is 0 Å². The van der Waals surface area contributed by atoms with Crippen molar-refractivity contribution in [1.82, 2.24) is 4.31 Å². The summed E-state index contributed by atoms with van der Waals surface area (Å²) >= 11 is 0. The molecule has 1 aromatic carbocycles. The summed E-state index contributed by atoms with van der Waals surface area (Å²) in [6.07, 6.45) is 0. The second-order valence-electron chi connectivity index (χ2n) is 4.47. The Morgan fingerprint density at radius 2 is 1.79 bits per heavy atom. The Hall–Kier alpha value is -0.990. The van der Waals surface area contributed by atoms with Gasteiger partial charge in [-0.3, -0.25) is 0 Å². The van der Waals surface area contributed by atoms with Crippen molar-refractivity contribution < 1.29 is 21.2 Å². The Morgan fingerprint density at radius 1 is 1.21 bits per heavy atom. The second kappa shape index (κ2) is 4.84. The van der Waals surface area contributed by atoms with Gasteiger partial charge in [0, 0.05) is 13.1 Å². The summed E-state index contributed by atoms with van der Waals surface area (Å²) in [5.74, 6) is -0.850. The summed E-state index contributed by atoms with van der Waals surface area (Å²) < 4.78 is 61.4. The predicted octanol–water partition coefficient (Wildman–Crippen LogP) is 0.553. The summed E-state index contributed by atoms with van der Waals surface area (Å²) in [7, 11) is -6.90. The molecule has 0 bridgehead atoms. The normalized spacial score (nSPS) is 20.3. The maximum Gasteiger partial charge on any atom is 0.243 e. The van der Waals surface area contributed by atoms with Gasteiger partial charge in [-0.15, -0.1) is 0 Å². The topological polar surface area (TPSA) is 71.5 Å². The van der Waals surface area contributed by atoms with E-state index >= 15 is 0 Å². The van der Waals surface area contributed by atoms with Crippen LogP contribution < -0.4 is 0 Å². The minimum Gasteiger partial charge on any atom is -0.229 e. The smallest absolute Gasteiger partial charge is 0.229 e. The molecule has 0 amide bonds. The zero-order chi connectivity index (χ0) is 14.3. The van der Waals surface area contributed by atoms with Gasteiger partial charge in [0.05, 0.1) is 16.4 Å². The molecule has 1 fully saturated rings. The third kappa shape index (κ3) is 2.96. The van der Waals surface area contributed by atoms with E-state index in [1.165, 1.54) is 13.0 Å². The highest BCUT2D eigenvalue weighted by Crippen LogP contribution is 2.22. The largest absolute Gasteiger partial charge is 0.243 e. The van der Waals surface area contributed by atoms with Gasteiger partial charge in [0.25, 0.3) is 0 Å². The van der Waals surface area contributed by atoms with Crippen molar-refractivity contribution in [1.29, 1.82) is 0 Å². The zero-order valence-corrected chi connectivity index (χ0v) is 12.0. The summed E-state index contributed by atoms with van der Waals surface area (Å²) in [5.41, 5.74) is 0.313. The van der Waals surface area contributed by atoms with E-state index < -0.39 is 25.7 Å². The molecule has 1 aliphatic rings. The lowest BCUT2D eigenvalue weighted by atomic mass is 10.2. The lowest BCUT2D eigenvalue weighted by molar-refractivity contribution is 0.430. The Kier molecular flexibility index (Phi) is 3.67. The van der Waals surface area contributed by atoms with Crippen LogP contribution in [0.5, 0.6) is 0 Å². The van der Waals surface area contributed by atoms with Crippen molar-refractivity contribution in [3.05, 3.63) is 29.6 Å². The number of hydrogen-bond donors (Lipinski definition) is 0. The van der Waals surface area contributed by atoms with Crippen LogP contribution in [0.3, 0.4) is 0 Å². The second-order valence-corrected chi connectivity index (χ2v) is 8.68. The highest BCUT2D eigenvalue weighted by atomic mass is 32.2. The van der Waals surface area contributed by atoms with Crippen molar-refractivity contribution in [2.75, 3.05) is 24.6 Å². The van der Waals surface area contributed by atoms with Gasteiger partial charge in [0.15, 0.2) is 9.84 Å². The minimum atomic E-state index is -3.76. The van der Waals surface area contributed by atoms with Crippen LogP contribution in [-0.2, 0) is 19.9 Å². The number of nitrogens with zero attached hydrogens (tertiary/aromatic N) is 1. The van der Waals surface area contributed by atoms with Crippen molar-refractivity contribution in [3.63, 3.8) is 0 Å². The highest BCUT2D eigenvalue weighted by molar-refractivity contribution is 7.92. The van der Waals surface area contributed by atoms with Gasteiger partial charge in [0.2, 0.25) is 10.0 Å². The lowest BCUT2D eigenvalue weighted by Crippen LogP contribution is -2.43. The molecule has 1 aliphatic heterocycles. The number of sulfonamides is 1. The van der Waals surface area contributed by atoms with Crippen LogP contribution in [0.1, 0.15) is 5.56 Å². The molecule has 0 spiro atoms. The average molecular weight is 307 g/mol. The van der Waals surface area contributed by atoms with Gasteiger partial charge in [0.1, 0.15) is 5.82 Å². The third-order valence-electron chi connectivity index (χ3n) is 3.06. The lowest BCUT2D eigenvalue weighted by Gasteiger charge is -2.26. The Labute approximate surface area is 112 Å². The number of halogens is 1. The van der Waals surface area contributed by atoms with Crippen LogP contribution in [0.25, 0.3) is 0 Å². The first-order chi connectivity index (χ1) is 8.72. The fourth-order valence-electron chi connectivity index (χ4n) is 1.98.